The monoisotopic (exact) mass is 507 g/mol. The van der Waals surface area contributed by atoms with Crippen molar-refractivity contribution in [1.82, 2.24) is 9.29 Å². The molecule has 176 valence electrons. The van der Waals surface area contributed by atoms with Crippen molar-refractivity contribution in [3.8, 4) is 5.75 Å². The summed E-state index contributed by atoms with van der Waals surface area (Å²) in [5.41, 5.74) is 0.918. The predicted molar refractivity (Wildman–Crippen MR) is 132 cm³/mol. The molecule has 0 radical (unpaired) electrons. The Kier molecular flexibility index (Phi) is 7.23. The van der Waals surface area contributed by atoms with E-state index in [0.29, 0.717) is 33.5 Å². The molecule has 0 atom stereocenters. The van der Waals surface area contributed by atoms with Gasteiger partial charge in [0.1, 0.15) is 11.3 Å². The molecule has 0 saturated heterocycles. The van der Waals surface area contributed by atoms with E-state index in [9.17, 15) is 13.2 Å². The third-order valence-corrected chi connectivity index (χ3v) is 9.39. The standard InChI is InChI=1S/C23H26ClN3O4S2/c1-3-27(16-7-5-4-6-8-16)33(29,30)17-11-9-15(10-12-17)22(28)26-23-25-20-19(31-2)14-13-18(24)21(20)32-23/h9-14,16H,3-8H2,1-2H3,(H,25,26,28). The highest BCUT2D eigenvalue weighted by Gasteiger charge is 2.31. The molecule has 1 N–H and O–H groups in total. The number of anilines is 1. The summed E-state index contributed by atoms with van der Waals surface area (Å²) < 4.78 is 34.1. The van der Waals surface area contributed by atoms with Gasteiger partial charge in [0.15, 0.2) is 5.13 Å². The molecule has 2 aromatic carbocycles. The number of carbonyl (C=O) groups is 1. The van der Waals surface area contributed by atoms with Gasteiger partial charge in [-0.15, -0.1) is 0 Å². The number of halogens is 1. The van der Waals surface area contributed by atoms with E-state index in [0.717, 1.165) is 36.8 Å². The topological polar surface area (TPSA) is 88.6 Å². The van der Waals surface area contributed by atoms with Gasteiger partial charge >= 0.3 is 0 Å². The SMILES string of the molecule is CCN(C1CCCCC1)S(=O)(=O)c1ccc(C(=O)Nc2nc3c(OC)ccc(Cl)c3s2)cc1. The molecule has 1 fully saturated rings. The largest absolute Gasteiger partial charge is 0.494 e. The molecule has 1 heterocycles. The van der Waals surface area contributed by atoms with Crippen LogP contribution in [-0.4, -0.2) is 43.3 Å². The molecular weight excluding hydrogens is 482 g/mol. The molecule has 0 unspecified atom stereocenters. The Balaban J connectivity index is 1.52. The summed E-state index contributed by atoms with van der Waals surface area (Å²) >= 11 is 7.50. The Hall–Kier alpha value is -2.20. The second-order valence-corrected chi connectivity index (χ2v) is 11.2. The number of thiazole rings is 1. The van der Waals surface area contributed by atoms with Gasteiger partial charge in [-0.05, 0) is 49.2 Å². The zero-order chi connectivity index (χ0) is 23.6. The lowest BCUT2D eigenvalue weighted by Gasteiger charge is -2.32. The molecule has 0 spiro atoms. The van der Waals surface area contributed by atoms with Crippen LogP contribution < -0.4 is 10.1 Å². The lowest BCUT2D eigenvalue weighted by Crippen LogP contribution is -2.41. The number of ether oxygens (including phenoxy) is 1. The van der Waals surface area contributed by atoms with Crippen LogP contribution in [0.4, 0.5) is 5.13 Å². The molecule has 3 aromatic rings. The normalized spacial score (nSPS) is 15.2. The Morgan fingerprint density at radius 3 is 2.52 bits per heavy atom. The van der Waals surface area contributed by atoms with E-state index >= 15 is 0 Å². The fourth-order valence-electron chi connectivity index (χ4n) is 4.25. The van der Waals surface area contributed by atoms with Crippen molar-refractivity contribution < 1.29 is 17.9 Å². The third-order valence-electron chi connectivity index (χ3n) is 5.92. The minimum absolute atomic E-state index is 0.0413. The van der Waals surface area contributed by atoms with E-state index in [1.165, 1.54) is 35.6 Å². The summed E-state index contributed by atoms with van der Waals surface area (Å²) in [6.07, 6.45) is 5.05. The van der Waals surface area contributed by atoms with E-state index in [-0.39, 0.29) is 16.8 Å². The van der Waals surface area contributed by atoms with Crippen molar-refractivity contribution in [2.75, 3.05) is 19.0 Å². The third kappa shape index (κ3) is 4.87. The number of methoxy groups -OCH3 is 1. The highest BCUT2D eigenvalue weighted by molar-refractivity contribution is 7.89. The zero-order valence-electron chi connectivity index (χ0n) is 18.5. The fraction of sp³-hybridized carbons (Fsp3) is 0.391. The molecule has 33 heavy (non-hydrogen) atoms. The molecule has 1 aromatic heterocycles. The predicted octanol–water partition coefficient (Wildman–Crippen LogP) is 5.55. The van der Waals surface area contributed by atoms with Crippen molar-refractivity contribution in [3.05, 3.63) is 47.0 Å². The number of fused-ring (bicyclic) bond motifs is 1. The number of hydrogen-bond donors (Lipinski definition) is 1. The molecule has 1 amide bonds. The lowest BCUT2D eigenvalue weighted by atomic mass is 9.95. The number of benzene rings is 2. The van der Waals surface area contributed by atoms with Gasteiger partial charge in [0.2, 0.25) is 10.0 Å². The van der Waals surface area contributed by atoms with E-state index in [4.69, 9.17) is 16.3 Å². The summed E-state index contributed by atoms with van der Waals surface area (Å²) in [5.74, 6) is 0.187. The average molecular weight is 508 g/mol. The van der Waals surface area contributed by atoms with Gasteiger partial charge in [0, 0.05) is 18.2 Å². The quantitative estimate of drug-likeness (QED) is 0.452. The first-order valence-corrected chi connectivity index (χ1v) is 13.5. The second-order valence-electron chi connectivity index (χ2n) is 7.93. The maximum atomic E-state index is 13.2. The van der Waals surface area contributed by atoms with Crippen LogP contribution in [0.15, 0.2) is 41.3 Å². The first-order chi connectivity index (χ1) is 15.8. The molecule has 1 aliphatic rings. The van der Waals surface area contributed by atoms with Gasteiger partial charge in [-0.25, -0.2) is 13.4 Å². The van der Waals surface area contributed by atoms with Gasteiger partial charge in [-0.3, -0.25) is 10.1 Å². The van der Waals surface area contributed by atoms with Gasteiger partial charge < -0.3 is 4.74 Å². The van der Waals surface area contributed by atoms with Crippen LogP contribution >= 0.6 is 22.9 Å². The number of sulfonamides is 1. The zero-order valence-corrected chi connectivity index (χ0v) is 20.9. The molecule has 10 heteroatoms. The highest BCUT2D eigenvalue weighted by atomic mass is 35.5. The Labute approximate surface area is 202 Å². The Morgan fingerprint density at radius 1 is 1.18 bits per heavy atom. The van der Waals surface area contributed by atoms with Crippen LogP contribution in [0.25, 0.3) is 10.2 Å². The fourth-order valence-corrected chi connectivity index (χ4v) is 7.09. The van der Waals surface area contributed by atoms with Crippen molar-refractivity contribution in [3.63, 3.8) is 0 Å². The first-order valence-electron chi connectivity index (χ1n) is 10.9. The van der Waals surface area contributed by atoms with Gasteiger partial charge in [0.25, 0.3) is 5.91 Å². The Morgan fingerprint density at radius 2 is 1.88 bits per heavy atom. The molecular formula is C23H26ClN3O4S2. The summed E-state index contributed by atoms with van der Waals surface area (Å²) in [6, 6.07) is 9.53. The van der Waals surface area contributed by atoms with Crippen molar-refractivity contribution in [1.29, 1.82) is 0 Å². The van der Waals surface area contributed by atoms with E-state index in [2.05, 4.69) is 10.3 Å². The summed E-state index contributed by atoms with van der Waals surface area (Å²) in [6.45, 7) is 2.30. The van der Waals surface area contributed by atoms with Crippen LogP contribution in [0.2, 0.25) is 5.02 Å². The molecule has 1 aliphatic carbocycles. The summed E-state index contributed by atoms with van der Waals surface area (Å²) in [7, 11) is -2.07. The molecule has 1 saturated carbocycles. The number of carbonyl (C=O) groups excluding carboxylic acids is 1. The number of hydrogen-bond acceptors (Lipinski definition) is 6. The van der Waals surface area contributed by atoms with Crippen molar-refractivity contribution in [2.45, 2.75) is 50.0 Å². The van der Waals surface area contributed by atoms with E-state index in [1.807, 2.05) is 6.92 Å². The summed E-state index contributed by atoms with van der Waals surface area (Å²) in [4.78, 5) is 17.4. The Bertz CT molecular complexity index is 1250. The maximum Gasteiger partial charge on any atom is 0.257 e. The number of rotatable bonds is 7. The van der Waals surface area contributed by atoms with Crippen LogP contribution in [0.3, 0.4) is 0 Å². The van der Waals surface area contributed by atoms with Gasteiger partial charge in [-0.1, -0.05) is 49.1 Å². The molecule has 4 rings (SSSR count). The van der Waals surface area contributed by atoms with Gasteiger partial charge in [0.05, 0.1) is 21.7 Å². The lowest BCUT2D eigenvalue weighted by molar-refractivity contribution is 0.102. The van der Waals surface area contributed by atoms with Crippen LogP contribution in [-0.2, 0) is 10.0 Å². The smallest absolute Gasteiger partial charge is 0.257 e. The maximum absolute atomic E-state index is 13.2. The first kappa shape index (κ1) is 23.9. The van der Waals surface area contributed by atoms with Gasteiger partial charge in [-0.2, -0.15) is 4.31 Å². The highest BCUT2D eigenvalue weighted by Crippen LogP contribution is 2.37. The van der Waals surface area contributed by atoms with Crippen LogP contribution in [0, 0.1) is 0 Å². The molecule has 7 nitrogen and oxygen atoms in total. The second kappa shape index (κ2) is 9.97. The number of nitrogens with zero attached hydrogens (tertiary/aromatic N) is 2. The minimum Gasteiger partial charge on any atom is -0.494 e. The molecule has 0 aliphatic heterocycles. The number of amides is 1. The minimum atomic E-state index is -3.62. The van der Waals surface area contributed by atoms with Crippen molar-refractivity contribution >= 4 is 54.2 Å². The summed E-state index contributed by atoms with van der Waals surface area (Å²) in [5, 5.41) is 3.67. The molecule has 0 bridgehead atoms. The number of aromatic nitrogens is 1. The average Bonchev–Trinajstić information content (AvgIpc) is 3.25. The number of nitrogens with one attached hydrogen (secondary N) is 1. The van der Waals surface area contributed by atoms with Crippen molar-refractivity contribution in [2.24, 2.45) is 0 Å². The van der Waals surface area contributed by atoms with E-state index < -0.39 is 10.0 Å². The van der Waals surface area contributed by atoms with E-state index in [1.54, 1.807) is 23.5 Å². The van der Waals surface area contributed by atoms with Crippen LogP contribution in [0.5, 0.6) is 5.75 Å². The van der Waals surface area contributed by atoms with Crippen LogP contribution in [0.1, 0.15) is 49.4 Å².